The molecule has 1 fully saturated rings. The van der Waals surface area contributed by atoms with Gasteiger partial charge in [-0.15, -0.1) is 0 Å². The van der Waals surface area contributed by atoms with Crippen molar-refractivity contribution >= 4 is 6.03 Å². The standard InChI is InChI=1S/C15H19N5O2/c21-10-13-2-1-6-20(13)15(22)18-9-12-3-4-17-14(8-12)19-7-5-16-11-19/h3-5,7-8,11,13,21H,1-2,6,9-10H2,(H,18,22). The van der Waals surface area contributed by atoms with Crippen LogP contribution in [0.15, 0.2) is 37.1 Å². The summed E-state index contributed by atoms with van der Waals surface area (Å²) in [5, 5.41) is 12.2. The topological polar surface area (TPSA) is 83.3 Å². The minimum atomic E-state index is -0.127. The van der Waals surface area contributed by atoms with Crippen LogP contribution < -0.4 is 5.32 Å². The molecule has 2 aromatic rings. The lowest BCUT2D eigenvalue weighted by Crippen LogP contribution is -2.43. The number of aliphatic hydroxyl groups is 1. The van der Waals surface area contributed by atoms with E-state index in [1.165, 1.54) is 0 Å². The van der Waals surface area contributed by atoms with Crippen molar-refractivity contribution in [3.8, 4) is 5.82 Å². The van der Waals surface area contributed by atoms with Crippen LogP contribution in [0.4, 0.5) is 4.79 Å². The minimum absolute atomic E-state index is 0.0213. The van der Waals surface area contributed by atoms with Gasteiger partial charge in [-0.2, -0.15) is 0 Å². The molecular weight excluding hydrogens is 282 g/mol. The van der Waals surface area contributed by atoms with Gasteiger partial charge >= 0.3 is 6.03 Å². The van der Waals surface area contributed by atoms with Gasteiger partial charge in [-0.1, -0.05) is 0 Å². The summed E-state index contributed by atoms with van der Waals surface area (Å²) < 4.78 is 1.81. The molecule has 3 heterocycles. The zero-order chi connectivity index (χ0) is 15.4. The lowest BCUT2D eigenvalue weighted by Gasteiger charge is -2.23. The fourth-order valence-corrected chi connectivity index (χ4v) is 2.68. The van der Waals surface area contributed by atoms with Gasteiger partial charge in [-0.3, -0.25) is 4.57 Å². The van der Waals surface area contributed by atoms with Crippen LogP contribution in [0.25, 0.3) is 5.82 Å². The van der Waals surface area contributed by atoms with Crippen molar-refractivity contribution in [1.29, 1.82) is 0 Å². The van der Waals surface area contributed by atoms with Crippen LogP contribution in [-0.2, 0) is 6.54 Å². The first-order valence-corrected chi connectivity index (χ1v) is 7.36. The van der Waals surface area contributed by atoms with Gasteiger partial charge in [0.1, 0.15) is 12.1 Å². The zero-order valence-electron chi connectivity index (χ0n) is 12.2. The third kappa shape index (κ3) is 3.09. The molecule has 116 valence electrons. The van der Waals surface area contributed by atoms with Gasteiger partial charge in [0.25, 0.3) is 0 Å². The lowest BCUT2D eigenvalue weighted by atomic mass is 10.2. The van der Waals surface area contributed by atoms with Crippen molar-refractivity contribution in [3.05, 3.63) is 42.6 Å². The fraction of sp³-hybridized carbons (Fsp3) is 0.400. The summed E-state index contributed by atoms with van der Waals surface area (Å²) in [7, 11) is 0. The zero-order valence-corrected chi connectivity index (χ0v) is 12.2. The van der Waals surface area contributed by atoms with E-state index in [1.54, 1.807) is 23.6 Å². The van der Waals surface area contributed by atoms with E-state index in [9.17, 15) is 9.90 Å². The summed E-state index contributed by atoms with van der Waals surface area (Å²) in [5.74, 6) is 0.763. The monoisotopic (exact) mass is 301 g/mol. The van der Waals surface area contributed by atoms with Gasteiger partial charge in [0.2, 0.25) is 0 Å². The molecule has 1 atom stereocenters. The quantitative estimate of drug-likeness (QED) is 0.880. The molecule has 1 aliphatic heterocycles. The van der Waals surface area contributed by atoms with E-state index in [0.717, 1.165) is 24.2 Å². The number of nitrogens with zero attached hydrogens (tertiary/aromatic N) is 4. The predicted molar refractivity (Wildman–Crippen MR) is 80.4 cm³/mol. The molecule has 0 aromatic carbocycles. The lowest BCUT2D eigenvalue weighted by molar-refractivity contribution is 0.157. The summed E-state index contributed by atoms with van der Waals surface area (Å²) in [6.07, 6.45) is 8.71. The molecule has 1 saturated heterocycles. The van der Waals surface area contributed by atoms with E-state index in [1.807, 2.05) is 22.9 Å². The number of nitrogens with one attached hydrogen (secondary N) is 1. The normalized spacial score (nSPS) is 17.7. The third-order valence-corrected chi connectivity index (χ3v) is 3.87. The molecule has 22 heavy (non-hydrogen) atoms. The van der Waals surface area contributed by atoms with Crippen molar-refractivity contribution in [2.24, 2.45) is 0 Å². The number of amides is 2. The third-order valence-electron chi connectivity index (χ3n) is 3.87. The number of likely N-dealkylation sites (tertiary alicyclic amines) is 1. The molecule has 0 saturated carbocycles. The molecule has 0 radical (unpaired) electrons. The van der Waals surface area contributed by atoms with E-state index in [2.05, 4.69) is 15.3 Å². The molecular formula is C15H19N5O2. The number of hydrogen-bond donors (Lipinski definition) is 2. The van der Waals surface area contributed by atoms with Gasteiger partial charge < -0.3 is 15.3 Å². The number of carbonyl (C=O) groups is 1. The number of imidazole rings is 1. The van der Waals surface area contributed by atoms with Gasteiger partial charge in [0.15, 0.2) is 0 Å². The van der Waals surface area contributed by atoms with Gasteiger partial charge in [-0.05, 0) is 30.5 Å². The van der Waals surface area contributed by atoms with Crippen molar-refractivity contribution in [3.63, 3.8) is 0 Å². The van der Waals surface area contributed by atoms with Gasteiger partial charge in [-0.25, -0.2) is 14.8 Å². The van der Waals surface area contributed by atoms with Crippen LogP contribution >= 0.6 is 0 Å². The van der Waals surface area contributed by atoms with Crippen LogP contribution in [-0.4, -0.2) is 49.8 Å². The summed E-state index contributed by atoms with van der Waals surface area (Å²) in [6.45, 7) is 1.15. The molecule has 2 N–H and O–H groups in total. The number of hydrogen-bond acceptors (Lipinski definition) is 4. The van der Waals surface area contributed by atoms with E-state index in [0.29, 0.717) is 13.1 Å². The van der Waals surface area contributed by atoms with Crippen LogP contribution in [0.1, 0.15) is 18.4 Å². The molecule has 0 aliphatic carbocycles. The summed E-state index contributed by atoms with van der Waals surface area (Å²) in [6, 6.07) is 3.60. The smallest absolute Gasteiger partial charge is 0.317 e. The Hall–Kier alpha value is -2.41. The molecule has 1 unspecified atom stereocenters. The fourth-order valence-electron chi connectivity index (χ4n) is 2.68. The van der Waals surface area contributed by atoms with Crippen molar-refractivity contribution < 1.29 is 9.90 Å². The molecule has 1 aliphatic rings. The highest BCUT2D eigenvalue weighted by atomic mass is 16.3. The first-order chi connectivity index (χ1) is 10.8. The van der Waals surface area contributed by atoms with E-state index in [4.69, 9.17) is 0 Å². The number of aromatic nitrogens is 3. The predicted octanol–water partition coefficient (Wildman–Crippen LogP) is 0.934. The Balaban J connectivity index is 1.62. The van der Waals surface area contributed by atoms with Crippen LogP contribution in [0.5, 0.6) is 0 Å². The number of pyridine rings is 1. The molecule has 7 nitrogen and oxygen atoms in total. The summed E-state index contributed by atoms with van der Waals surface area (Å²) in [4.78, 5) is 22.2. The average molecular weight is 301 g/mol. The second-order valence-corrected chi connectivity index (χ2v) is 5.32. The highest BCUT2D eigenvalue weighted by molar-refractivity contribution is 5.74. The van der Waals surface area contributed by atoms with Gasteiger partial charge in [0.05, 0.1) is 12.6 Å². The van der Waals surface area contributed by atoms with Crippen molar-refractivity contribution in [2.75, 3.05) is 13.2 Å². The highest BCUT2D eigenvalue weighted by Gasteiger charge is 2.27. The SMILES string of the molecule is O=C(NCc1ccnc(-n2ccnc2)c1)N1CCCC1CO. The average Bonchev–Trinajstić information content (AvgIpc) is 3.23. The largest absolute Gasteiger partial charge is 0.394 e. The van der Waals surface area contributed by atoms with Crippen LogP contribution in [0, 0.1) is 0 Å². The van der Waals surface area contributed by atoms with Crippen molar-refractivity contribution in [1.82, 2.24) is 24.8 Å². The Morgan fingerprint density at radius 1 is 1.45 bits per heavy atom. The maximum Gasteiger partial charge on any atom is 0.317 e. The summed E-state index contributed by atoms with van der Waals surface area (Å²) in [5.41, 5.74) is 0.965. The molecule has 3 rings (SSSR count). The number of urea groups is 1. The maximum absolute atomic E-state index is 12.2. The minimum Gasteiger partial charge on any atom is -0.394 e. The first-order valence-electron chi connectivity index (χ1n) is 7.36. The second-order valence-electron chi connectivity index (χ2n) is 5.32. The van der Waals surface area contributed by atoms with E-state index in [-0.39, 0.29) is 18.7 Å². The Kier molecular flexibility index (Phi) is 4.34. The Bertz CT molecular complexity index is 629. The van der Waals surface area contributed by atoms with E-state index >= 15 is 0 Å². The number of carbonyl (C=O) groups excluding carboxylic acids is 1. The molecule has 2 amide bonds. The molecule has 0 spiro atoms. The Labute approximate surface area is 128 Å². The van der Waals surface area contributed by atoms with Gasteiger partial charge in [0, 0.05) is 31.7 Å². The van der Waals surface area contributed by atoms with Crippen LogP contribution in [0.3, 0.4) is 0 Å². The maximum atomic E-state index is 12.2. The number of rotatable bonds is 4. The molecule has 7 heteroatoms. The first kappa shape index (κ1) is 14.5. The Morgan fingerprint density at radius 2 is 2.36 bits per heavy atom. The summed E-state index contributed by atoms with van der Waals surface area (Å²) >= 11 is 0. The van der Waals surface area contributed by atoms with Crippen molar-refractivity contribution in [2.45, 2.75) is 25.4 Å². The molecule has 0 bridgehead atoms. The van der Waals surface area contributed by atoms with Crippen LogP contribution in [0.2, 0.25) is 0 Å². The number of aliphatic hydroxyl groups excluding tert-OH is 1. The Morgan fingerprint density at radius 3 is 3.14 bits per heavy atom. The molecule has 2 aromatic heterocycles. The highest BCUT2D eigenvalue weighted by Crippen LogP contribution is 2.16. The second kappa shape index (κ2) is 6.57. The van der Waals surface area contributed by atoms with E-state index < -0.39 is 0 Å².